The number of carbonyl (C=O) groups is 2. The molecule has 0 saturated heterocycles. The molecule has 0 spiro atoms. The van der Waals surface area contributed by atoms with E-state index in [9.17, 15) is 14.7 Å². The van der Waals surface area contributed by atoms with E-state index in [1.165, 1.54) is 12.8 Å². The van der Waals surface area contributed by atoms with Crippen molar-refractivity contribution < 1.29 is 33.6 Å². The fourth-order valence-electron chi connectivity index (χ4n) is 8.98. The summed E-state index contributed by atoms with van der Waals surface area (Å²) in [5.74, 6) is 2.63. The lowest BCUT2D eigenvalue weighted by molar-refractivity contribution is -0.0985. The molecular weight excluding hydrogens is 508 g/mol. The Hall–Kier alpha value is -2.02. The van der Waals surface area contributed by atoms with Crippen molar-refractivity contribution >= 4 is 12.3 Å². The second kappa shape index (κ2) is 12.1. The summed E-state index contributed by atoms with van der Waals surface area (Å²) in [7, 11) is 0. The largest absolute Gasteiger partial charge is 0.508 e. The minimum atomic E-state index is -0.706. The summed E-state index contributed by atoms with van der Waals surface area (Å²) in [6.07, 6.45) is 12.4. The molecule has 4 aliphatic carbocycles. The molecule has 0 radical (unpaired) electrons. The predicted molar refractivity (Wildman–Crippen MR) is 154 cm³/mol. The fraction of sp³-hybridized carbons (Fsp3) is 0.818. The summed E-state index contributed by atoms with van der Waals surface area (Å²) in [5.41, 5.74) is 0.356. The first-order valence-corrected chi connectivity index (χ1v) is 15.6. The van der Waals surface area contributed by atoms with Gasteiger partial charge in [0.2, 0.25) is 0 Å². The average Bonchev–Trinajstić information content (AvgIpc) is 3.21. The van der Waals surface area contributed by atoms with Gasteiger partial charge in [0, 0.05) is 11.8 Å². The first kappa shape index (κ1) is 30.9. The van der Waals surface area contributed by atoms with E-state index in [4.69, 9.17) is 18.9 Å². The molecule has 226 valence electrons. The Morgan fingerprint density at radius 1 is 1.05 bits per heavy atom. The maximum absolute atomic E-state index is 12.6. The van der Waals surface area contributed by atoms with Gasteiger partial charge in [-0.25, -0.2) is 9.59 Å². The van der Waals surface area contributed by atoms with E-state index in [-0.39, 0.29) is 18.6 Å². The molecule has 7 nitrogen and oxygen atoms in total. The quantitative estimate of drug-likeness (QED) is 0.290. The zero-order valence-corrected chi connectivity index (χ0v) is 25.7. The van der Waals surface area contributed by atoms with Crippen LogP contribution in [0.4, 0.5) is 9.59 Å². The number of fused-ring (bicyclic) bond motifs is 5. The molecule has 2 fully saturated rings. The number of rotatable bonds is 9. The van der Waals surface area contributed by atoms with Gasteiger partial charge in [-0.15, -0.1) is 0 Å². The van der Waals surface area contributed by atoms with Crippen LogP contribution in [0.2, 0.25) is 0 Å². The van der Waals surface area contributed by atoms with E-state index in [2.05, 4.69) is 32.9 Å². The van der Waals surface area contributed by atoms with Gasteiger partial charge >= 0.3 is 12.3 Å². The van der Waals surface area contributed by atoms with Crippen molar-refractivity contribution in [3.05, 3.63) is 23.8 Å². The van der Waals surface area contributed by atoms with Gasteiger partial charge in [0.1, 0.15) is 12.2 Å². The highest BCUT2D eigenvalue weighted by Crippen LogP contribution is 2.66. The van der Waals surface area contributed by atoms with E-state index < -0.39 is 35.5 Å². The Bertz CT molecular complexity index is 980. The molecular formula is C33H52O7. The molecule has 9 atom stereocenters. The van der Waals surface area contributed by atoms with Crippen molar-refractivity contribution in [2.45, 2.75) is 118 Å². The second-order valence-corrected chi connectivity index (χ2v) is 13.8. The summed E-state index contributed by atoms with van der Waals surface area (Å²) in [5, 5.41) is 10.2. The molecule has 2 saturated carbocycles. The summed E-state index contributed by atoms with van der Waals surface area (Å²) >= 11 is 0. The lowest BCUT2D eigenvalue weighted by Gasteiger charge is -2.58. The van der Waals surface area contributed by atoms with E-state index in [0.29, 0.717) is 36.0 Å². The molecule has 0 unspecified atom stereocenters. The molecule has 0 heterocycles. The number of allylic oxidation sites excluding steroid dienone is 2. The third-order valence-electron chi connectivity index (χ3n) is 10.9. The summed E-state index contributed by atoms with van der Waals surface area (Å²) in [6, 6.07) is 0. The summed E-state index contributed by atoms with van der Waals surface area (Å²) in [4.78, 5) is 24.7. The highest BCUT2D eigenvalue weighted by Gasteiger charge is 2.61. The van der Waals surface area contributed by atoms with Crippen molar-refractivity contribution in [3.63, 3.8) is 0 Å². The molecule has 4 rings (SSSR count). The zero-order chi connectivity index (χ0) is 29.3. The molecule has 40 heavy (non-hydrogen) atoms. The van der Waals surface area contributed by atoms with Crippen LogP contribution in [0.15, 0.2) is 23.8 Å². The average molecular weight is 561 g/mol. The third-order valence-corrected chi connectivity index (χ3v) is 10.9. The van der Waals surface area contributed by atoms with Crippen molar-refractivity contribution in [2.24, 2.45) is 40.4 Å². The van der Waals surface area contributed by atoms with E-state index in [1.807, 2.05) is 19.9 Å². The molecule has 0 aromatic carbocycles. The van der Waals surface area contributed by atoms with E-state index >= 15 is 0 Å². The lowest BCUT2D eigenvalue weighted by Crippen LogP contribution is -2.55. The smallest absolute Gasteiger partial charge is 0.435 e. The van der Waals surface area contributed by atoms with Crippen molar-refractivity contribution in [3.8, 4) is 0 Å². The molecule has 0 aromatic rings. The molecule has 0 bridgehead atoms. The molecule has 1 N–H and O–H groups in total. The maximum atomic E-state index is 12.6. The molecule has 0 amide bonds. The molecule has 0 aromatic heterocycles. The SMILES string of the molecule is CCOC(=O)O[C@@H]1C=C2C=C[C@H]3[C@@H]4CC[C@H]([C@H](C)CCCC(C)(C)O)[C@@]4(C)CC[C@@H]3[C@@]2(C)[C@@H](OC(=O)OCC)C1. The number of hydrogen-bond acceptors (Lipinski definition) is 7. The van der Waals surface area contributed by atoms with Crippen LogP contribution in [-0.2, 0) is 18.9 Å². The van der Waals surface area contributed by atoms with Crippen LogP contribution < -0.4 is 0 Å². The zero-order valence-electron chi connectivity index (χ0n) is 25.7. The summed E-state index contributed by atoms with van der Waals surface area (Å²) < 4.78 is 21.8. The van der Waals surface area contributed by atoms with Crippen molar-refractivity contribution in [2.75, 3.05) is 13.2 Å². The number of carbonyl (C=O) groups excluding carboxylic acids is 2. The minimum Gasteiger partial charge on any atom is -0.435 e. The maximum Gasteiger partial charge on any atom is 0.508 e. The Morgan fingerprint density at radius 3 is 2.38 bits per heavy atom. The topological polar surface area (TPSA) is 91.3 Å². The van der Waals surface area contributed by atoms with Gasteiger partial charge in [-0.2, -0.15) is 0 Å². The van der Waals surface area contributed by atoms with Crippen LogP contribution in [0.1, 0.15) is 99.8 Å². The molecule has 7 heteroatoms. The van der Waals surface area contributed by atoms with Gasteiger partial charge in [-0.3, -0.25) is 0 Å². The number of aliphatic hydroxyl groups is 1. The lowest BCUT2D eigenvalue weighted by atomic mass is 9.47. The van der Waals surface area contributed by atoms with Crippen LogP contribution >= 0.6 is 0 Å². The Labute approximate surface area is 241 Å². The standard InChI is InChI=1S/C33H52O7/c1-8-37-29(34)39-23-19-22-12-13-24-26-15-14-25(21(3)11-10-17-31(4,5)36)32(26,6)18-16-27(24)33(22,7)28(20-23)40-30(35)38-9-2/h12-13,19,21,23-28,36H,8-11,14-18,20H2,1-7H3/t21-,23-,24+,25-,26+,27+,28+,32-,33+/m1/s1. The van der Waals surface area contributed by atoms with Crippen LogP contribution in [-0.4, -0.2) is 48.4 Å². The number of hydrogen-bond donors (Lipinski definition) is 1. The van der Waals surface area contributed by atoms with E-state index in [1.54, 1.807) is 13.8 Å². The van der Waals surface area contributed by atoms with Crippen LogP contribution in [0.25, 0.3) is 0 Å². The van der Waals surface area contributed by atoms with Gasteiger partial charge in [0.05, 0.1) is 18.8 Å². The van der Waals surface area contributed by atoms with Gasteiger partial charge in [-0.05, 0) is 106 Å². The molecule has 4 aliphatic rings. The first-order valence-electron chi connectivity index (χ1n) is 15.6. The van der Waals surface area contributed by atoms with E-state index in [0.717, 1.165) is 37.7 Å². The monoisotopic (exact) mass is 560 g/mol. The van der Waals surface area contributed by atoms with Crippen LogP contribution in [0.5, 0.6) is 0 Å². The number of ether oxygens (including phenoxy) is 4. The van der Waals surface area contributed by atoms with Crippen molar-refractivity contribution in [1.29, 1.82) is 0 Å². The van der Waals surface area contributed by atoms with Gasteiger partial charge in [0.15, 0.2) is 0 Å². The highest BCUT2D eigenvalue weighted by molar-refractivity contribution is 5.61. The van der Waals surface area contributed by atoms with Crippen molar-refractivity contribution in [1.82, 2.24) is 0 Å². The predicted octanol–water partition coefficient (Wildman–Crippen LogP) is 7.61. The van der Waals surface area contributed by atoms with Crippen LogP contribution in [0, 0.1) is 40.4 Å². The third kappa shape index (κ3) is 6.10. The summed E-state index contributed by atoms with van der Waals surface area (Å²) in [6.45, 7) is 15.0. The minimum absolute atomic E-state index is 0.242. The Kier molecular flexibility index (Phi) is 9.33. The first-order chi connectivity index (χ1) is 18.8. The normalized spacial score (nSPS) is 37.4. The van der Waals surface area contributed by atoms with Gasteiger partial charge in [-0.1, -0.05) is 45.8 Å². The van der Waals surface area contributed by atoms with Crippen LogP contribution in [0.3, 0.4) is 0 Å². The Balaban J connectivity index is 1.58. The second-order valence-electron chi connectivity index (χ2n) is 13.8. The molecule has 0 aliphatic heterocycles. The van der Waals surface area contributed by atoms with Gasteiger partial charge < -0.3 is 24.1 Å². The Morgan fingerprint density at radius 2 is 1.73 bits per heavy atom. The van der Waals surface area contributed by atoms with Gasteiger partial charge in [0.25, 0.3) is 0 Å². The fourth-order valence-corrected chi connectivity index (χ4v) is 8.98. The highest BCUT2D eigenvalue weighted by atomic mass is 16.7.